The molecule has 1 atom stereocenters. The van der Waals surface area contributed by atoms with Gasteiger partial charge in [-0.15, -0.1) is 0 Å². The van der Waals surface area contributed by atoms with Gasteiger partial charge in [0.25, 0.3) is 0 Å². The van der Waals surface area contributed by atoms with E-state index in [9.17, 15) is 4.79 Å². The number of ether oxygens (including phenoxy) is 1. The lowest BCUT2D eigenvalue weighted by Crippen LogP contribution is -2.38. The zero-order valence-electron chi connectivity index (χ0n) is 16.4. The van der Waals surface area contributed by atoms with E-state index in [0.29, 0.717) is 23.9 Å². The molecule has 0 bridgehead atoms. The van der Waals surface area contributed by atoms with E-state index < -0.39 is 0 Å². The summed E-state index contributed by atoms with van der Waals surface area (Å²) in [6.45, 7) is 2.84. The van der Waals surface area contributed by atoms with Crippen molar-refractivity contribution < 1.29 is 9.53 Å². The molecule has 0 saturated carbocycles. The molecule has 4 rings (SSSR count). The van der Waals surface area contributed by atoms with E-state index in [-0.39, 0.29) is 12.1 Å². The Morgan fingerprint density at radius 1 is 1.03 bits per heavy atom. The van der Waals surface area contributed by atoms with Crippen molar-refractivity contribution in [3.05, 3.63) is 89.2 Å². The number of benzene rings is 2. The Labute approximate surface area is 180 Å². The number of pyridine rings is 1. The third kappa shape index (κ3) is 4.90. The molecule has 1 aliphatic heterocycles. The van der Waals surface area contributed by atoms with Crippen LogP contribution >= 0.6 is 11.6 Å². The van der Waals surface area contributed by atoms with Crippen LogP contribution < -0.4 is 15.5 Å². The van der Waals surface area contributed by atoms with Gasteiger partial charge in [0.15, 0.2) is 0 Å². The number of aromatic nitrogens is 1. The largest absolute Gasteiger partial charge is 0.378 e. The molecule has 0 spiro atoms. The first kappa shape index (κ1) is 20.2. The lowest BCUT2D eigenvalue weighted by Gasteiger charge is -2.30. The van der Waals surface area contributed by atoms with E-state index in [0.717, 1.165) is 30.0 Å². The highest BCUT2D eigenvalue weighted by Crippen LogP contribution is 2.30. The summed E-state index contributed by atoms with van der Waals surface area (Å²) in [4.78, 5) is 19.6. The van der Waals surface area contributed by atoms with Crippen molar-refractivity contribution in [2.75, 3.05) is 36.5 Å². The topological polar surface area (TPSA) is 66.5 Å². The van der Waals surface area contributed by atoms with Crippen molar-refractivity contribution in [2.45, 2.75) is 6.04 Å². The van der Waals surface area contributed by atoms with E-state index >= 15 is 0 Å². The number of hydrogen-bond donors (Lipinski definition) is 2. The van der Waals surface area contributed by atoms with E-state index in [2.05, 4.69) is 20.5 Å². The van der Waals surface area contributed by atoms with Crippen LogP contribution in [0.15, 0.2) is 72.9 Å². The molecule has 154 valence electrons. The number of hydrogen-bond acceptors (Lipinski definition) is 4. The van der Waals surface area contributed by atoms with Crippen LogP contribution in [-0.2, 0) is 4.74 Å². The van der Waals surface area contributed by atoms with Gasteiger partial charge in [-0.2, -0.15) is 0 Å². The monoisotopic (exact) mass is 422 g/mol. The molecule has 3 aromatic rings. The lowest BCUT2D eigenvalue weighted by molar-refractivity contribution is 0.123. The number of nitrogens with zero attached hydrogens (tertiary/aromatic N) is 2. The summed E-state index contributed by atoms with van der Waals surface area (Å²) in [5.41, 5.74) is 3.30. The van der Waals surface area contributed by atoms with E-state index in [4.69, 9.17) is 16.3 Å². The Balaban J connectivity index is 1.56. The second-order valence-corrected chi connectivity index (χ2v) is 7.39. The van der Waals surface area contributed by atoms with Gasteiger partial charge in [-0.1, -0.05) is 48.0 Å². The number of urea groups is 1. The maximum atomic E-state index is 13.0. The average Bonchev–Trinajstić information content (AvgIpc) is 2.79. The molecule has 7 heteroatoms. The van der Waals surface area contributed by atoms with Crippen LogP contribution in [0.2, 0.25) is 5.02 Å². The summed E-state index contributed by atoms with van der Waals surface area (Å²) in [7, 11) is 0. The van der Waals surface area contributed by atoms with E-state index in [1.807, 2.05) is 60.7 Å². The summed E-state index contributed by atoms with van der Waals surface area (Å²) in [5, 5.41) is 6.58. The number of anilines is 2. The van der Waals surface area contributed by atoms with Crippen LogP contribution in [0.4, 0.5) is 16.2 Å². The van der Waals surface area contributed by atoms with Gasteiger partial charge in [0.05, 0.1) is 36.3 Å². The van der Waals surface area contributed by atoms with E-state index in [1.54, 1.807) is 12.3 Å². The predicted octanol–water partition coefficient (Wildman–Crippen LogP) is 4.48. The molecule has 1 saturated heterocycles. The quantitative estimate of drug-likeness (QED) is 0.636. The molecule has 0 radical (unpaired) electrons. The van der Waals surface area contributed by atoms with Crippen molar-refractivity contribution in [1.29, 1.82) is 0 Å². The molecule has 2 aromatic carbocycles. The summed E-state index contributed by atoms with van der Waals surface area (Å²) in [5.74, 6) is 0. The zero-order chi connectivity index (χ0) is 20.8. The van der Waals surface area contributed by atoms with Crippen molar-refractivity contribution in [3.63, 3.8) is 0 Å². The Kier molecular flexibility index (Phi) is 6.47. The van der Waals surface area contributed by atoms with Gasteiger partial charge in [0, 0.05) is 24.3 Å². The molecule has 2 N–H and O–H groups in total. The van der Waals surface area contributed by atoms with Gasteiger partial charge in [-0.25, -0.2) is 4.79 Å². The second-order valence-electron chi connectivity index (χ2n) is 6.96. The van der Waals surface area contributed by atoms with Crippen LogP contribution in [0.1, 0.15) is 17.3 Å². The first-order valence-electron chi connectivity index (χ1n) is 9.86. The third-order valence-electron chi connectivity index (χ3n) is 4.95. The Morgan fingerprint density at radius 3 is 2.53 bits per heavy atom. The van der Waals surface area contributed by atoms with Crippen LogP contribution in [0.25, 0.3) is 0 Å². The van der Waals surface area contributed by atoms with Gasteiger partial charge in [-0.3, -0.25) is 4.98 Å². The van der Waals surface area contributed by atoms with Crippen LogP contribution in [0.5, 0.6) is 0 Å². The molecule has 30 heavy (non-hydrogen) atoms. The molecule has 1 unspecified atom stereocenters. The van der Waals surface area contributed by atoms with Crippen molar-refractivity contribution in [1.82, 2.24) is 10.3 Å². The van der Waals surface area contributed by atoms with E-state index in [1.165, 1.54) is 0 Å². The summed E-state index contributed by atoms with van der Waals surface area (Å²) in [6.07, 6.45) is 1.72. The first-order chi connectivity index (χ1) is 14.7. The maximum absolute atomic E-state index is 13.0. The van der Waals surface area contributed by atoms with Crippen LogP contribution in [0.3, 0.4) is 0 Å². The summed E-state index contributed by atoms with van der Waals surface area (Å²) in [6, 6.07) is 20.3. The fourth-order valence-electron chi connectivity index (χ4n) is 3.50. The standard InChI is InChI=1S/C23H23ClN4O2/c24-18-9-10-21(28-12-14-30-15-13-28)20(16-18)26-23(29)27-22(17-6-2-1-3-7-17)19-8-4-5-11-25-19/h1-11,16,22H,12-15H2,(H2,26,27,29). The SMILES string of the molecule is O=C(Nc1cc(Cl)ccc1N1CCOCC1)NC(c1ccccc1)c1ccccn1. The molecule has 2 heterocycles. The predicted molar refractivity (Wildman–Crippen MR) is 119 cm³/mol. The fourth-order valence-corrected chi connectivity index (χ4v) is 3.67. The van der Waals surface area contributed by atoms with Gasteiger partial charge in [0.2, 0.25) is 0 Å². The highest BCUT2D eigenvalue weighted by atomic mass is 35.5. The molecule has 2 amide bonds. The lowest BCUT2D eigenvalue weighted by atomic mass is 10.0. The molecular formula is C23H23ClN4O2. The highest BCUT2D eigenvalue weighted by molar-refractivity contribution is 6.31. The van der Waals surface area contributed by atoms with Gasteiger partial charge in [-0.05, 0) is 35.9 Å². The number of morpholine rings is 1. The highest BCUT2D eigenvalue weighted by Gasteiger charge is 2.20. The molecule has 6 nitrogen and oxygen atoms in total. The molecule has 1 aromatic heterocycles. The molecular weight excluding hydrogens is 400 g/mol. The fraction of sp³-hybridized carbons (Fsp3) is 0.217. The minimum absolute atomic E-state index is 0.328. The molecule has 1 fully saturated rings. The Morgan fingerprint density at radius 2 is 1.80 bits per heavy atom. The number of carbonyl (C=O) groups excluding carboxylic acids is 1. The normalized spacial score (nSPS) is 14.8. The number of rotatable bonds is 5. The van der Waals surface area contributed by atoms with Crippen LogP contribution in [-0.4, -0.2) is 37.3 Å². The van der Waals surface area contributed by atoms with Crippen molar-refractivity contribution in [3.8, 4) is 0 Å². The van der Waals surface area contributed by atoms with Crippen LogP contribution in [0, 0.1) is 0 Å². The van der Waals surface area contributed by atoms with Gasteiger partial charge in [0.1, 0.15) is 0 Å². The average molecular weight is 423 g/mol. The Bertz CT molecular complexity index is 940. The van der Waals surface area contributed by atoms with Gasteiger partial charge >= 0.3 is 6.03 Å². The summed E-state index contributed by atoms with van der Waals surface area (Å²) < 4.78 is 5.44. The third-order valence-corrected chi connectivity index (χ3v) is 5.19. The smallest absolute Gasteiger partial charge is 0.320 e. The minimum Gasteiger partial charge on any atom is -0.378 e. The zero-order valence-corrected chi connectivity index (χ0v) is 17.2. The summed E-state index contributed by atoms with van der Waals surface area (Å²) >= 11 is 6.21. The maximum Gasteiger partial charge on any atom is 0.320 e. The Hall–Kier alpha value is -3.09. The number of halogens is 1. The number of amides is 2. The second kappa shape index (κ2) is 9.61. The van der Waals surface area contributed by atoms with Crippen molar-refractivity contribution >= 4 is 29.0 Å². The minimum atomic E-state index is -0.376. The first-order valence-corrected chi connectivity index (χ1v) is 10.2. The number of carbonyl (C=O) groups is 1. The van der Waals surface area contributed by atoms with Crippen molar-refractivity contribution in [2.24, 2.45) is 0 Å². The molecule has 1 aliphatic rings. The van der Waals surface area contributed by atoms with Gasteiger partial charge < -0.3 is 20.3 Å². The molecule has 0 aliphatic carbocycles. The number of nitrogens with one attached hydrogen (secondary N) is 2.